The maximum atomic E-state index is 13.9. The van der Waals surface area contributed by atoms with Crippen LogP contribution in [-0.2, 0) is 19.3 Å². The van der Waals surface area contributed by atoms with E-state index in [4.69, 9.17) is 21.1 Å². The summed E-state index contributed by atoms with van der Waals surface area (Å²) < 4.78 is 25.3. The van der Waals surface area contributed by atoms with Gasteiger partial charge in [-0.2, -0.15) is 0 Å². The number of carbonyl (C=O) groups excluding carboxylic acids is 3. The van der Waals surface area contributed by atoms with E-state index in [-0.39, 0.29) is 36.6 Å². The number of rotatable bonds is 15. The average Bonchev–Trinajstić information content (AvgIpc) is 3.89. The van der Waals surface area contributed by atoms with Gasteiger partial charge in [-0.05, 0) is 116 Å². The lowest BCUT2D eigenvalue weighted by Crippen LogP contribution is -2.12. The minimum absolute atomic E-state index is 0.00957. The van der Waals surface area contributed by atoms with Crippen LogP contribution in [0.15, 0.2) is 177 Å². The summed E-state index contributed by atoms with van der Waals surface area (Å²) >= 11 is 7.54. The van der Waals surface area contributed by atoms with Gasteiger partial charge in [0.15, 0.2) is 23.1 Å². The Hall–Kier alpha value is -8.40. The van der Waals surface area contributed by atoms with Gasteiger partial charge in [-0.3, -0.25) is 34.3 Å². The van der Waals surface area contributed by atoms with Gasteiger partial charge in [0.05, 0.1) is 49.7 Å². The summed E-state index contributed by atoms with van der Waals surface area (Å²) in [6.07, 6.45) is 16.9. The number of anilines is 2. The molecule has 16 heteroatoms. The summed E-state index contributed by atoms with van der Waals surface area (Å²) in [6, 6.07) is 31.1. The summed E-state index contributed by atoms with van der Waals surface area (Å²) in [4.78, 5) is 67.4. The fourth-order valence-electron chi connectivity index (χ4n) is 6.56. The lowest BCUT2D eigenvalue weighted by molar-refractivity contribution is 0.0983. The molecule has 6 aromatic heterocycles. The molecule has 0 fully saturated rings. The van der Waals surface area contributed by atoms with Gasteiger partial charge in [0.1, 0.15) is 34.4 Å². The van der Waals surface area contributed by atoms with E-state index in [9.17, 15) is 18.8 Å². The lowest BCUT2D eigenvalue weighted by Gasteiger charge is -2.19. The smallest absolute Gasteiger partial charge is 0.169 e. The first-order valence-corrected chi connectivity index (χ1v) is 22.9. The molecule has 0 aliphatic rings. The number of benzene rings is 3. The topological polar surface area (TPSA) is 163 Å². The highest BCUT2D eigenvalue weighted by atomic mass is 35.5. The predicted molar refractivity (Wildman–Crippen MR) is 267 cm³/mol. The van der Waals surface area contributed by atoms with E-state index < -0.39 is 5.82 Å². The second-order valence-electron chi connectivity index (χ2n) is 15.4. The number of thiazole rings is 1. The fourth-order valence-corrected chi connectivity index (χ4v) is 7.40. The Morgan fingerprint density at radius 3 is 1.97 bits per heavy atom. The third kappa shape index (κ3) is 14.8. The fraction of sp³-hybridized carbons (Fsp3) is 0.111. The Morgan fingerprint density at radius 1 is 0.557 bits per heavy atom. The van der Waals surface area contributed by atoms with Crippen LogP contribution in [0.3, 0.4) is 0 Å². The van der Waals surface area contributed by atoms with Crippen molar-refractivity contribution in [3.63, 3.8) is 0 Å². The second-order valence-corrected chi connectivity index (χ2v) is 16.9. The quantitative estimate of drug-likeness (QED) is 0.0893. The van der Waals surface area contributed by atoms with E-state index in [0.29, 0.717) is 50.4 Å². The largest absolute Gasteiger partial charge is 0.456 e. The molecule has 6 heterocycles. The van der Waals surface area contributed by atoms with E-state index >= 15 is 0 Å². The van der Waals surface area contributed by atoms with E-state index in [1.165, 1.54) is 42.2 Å². The molecule has 3 aromatic carbocycles. The minimum atomic E-state index is -0.444. The van der Waals surface area contributed by atoms with Gasteiger partial charge in [-0.25, -0.2) is 19.3 Å². The molecule has 0 aliphatic heterocycles. The maximum Gasteiger partial charge on any atom is 0.169 e. The maximum absolute atomic E-state index is 13.9. The Morgan fingerprint density at radius 2 is 1.26 bits per heavy atom. The Bertz CT molecular complexity index is 3160. The molecule has 0 spiro atoms. The first-order valence-electron chi connectivity index (χ1n) is 21.6. The number of ether oxygens (including phenoxy) is 2. The Labute approximate surface area is 412 Å². The van der Waals surface area contributed by atoms with Crippen molar-refractivity contribution in [2.75, 3.05) is 11.9 Å². The Balaban J connectivity index is 0.000000155. The normalized spacial score (nSPS) is 10.4. The molecular weight excluding hydrogens is 927 g/mol. The zero-order valence-corrected chi connectivity index (χ0v) is 39.7. The standard InChI is InChI=1S/C19H16ClN3O2.C18H14N2O2.C17H14FN3OS/c1-12-3-16(23-8-13(12)2)7-19(24)14-4-15(20)6-17(5-14)25-18-9-21-11-22-10-18;21-18(12-15-6-1-2-10-20-15)14-5-3-7-16(11-14)22-17-8-4-9-19-13-17;1-21(14-3-2-4-19-11-14)15-8-12(7-13(18)9-15)16(22)10-17-20-5-6-23-17/h3-6,8-11H,7H2,1-2H3;1-11,13H,12H2;2-9,11H,10H2,1H3. The zero-order valence-electron chi connectivity index (χ0n) is 38.1. The van der Waals surface area contributed by atoms with Crippen molar-refractivity contribution in [2.24, 2.45) is 0 Å². The van der Waals surface area contributed by atoms with Crippen molar-refractivity contribution in [1.82, 2.24) is 34.9 Å². The number of nitrogens with zero attached hydrogens (tertiary/aromatic N) is 8. The van der Waals surface area contributed by atoms with Gasteiger partial charge in [0.25, 0.3) is 0 Å². The van der Waals surface area contributed by atoms with Crippen molar-refractivity contribution >= 4 is 51.7 Å². The molecule has 0 N–H and O–H groups in total. The van der Waals surface area contributed by atoms with Crippen molar-refractivity contribution < 1.29 is 28.2 Å². The SMILES string of the molecule is CN(c1cccnc1)c1cc(F)cc(C(=O)Cc2nccs2)c1.Cc1cnc(CC(=O)c2cc(Cl)cc(Oc3cncnc3)c2)cc1C.O=C(Cc1ccccn1)c1cccc(Oc2cccnc2)c1. The molecule has 0 aliphatic carbocycles. The number of carbonyl (C=O) groups is 3. The average molecular weight is 972 g/mol. The molecule has 70 heavy (non-hydrogen) atoms. The monoisotopic (exact) mass is 970 g/mol. The van der Waals surface area contributed by atoms with Crippen LogP contribution in [-0.4, -0.2) is 59.3 Å². The van der Waals surface area contributed by atoms with Crippen molar-refractivity contribution in [2.45, 2.75) is 33.1 Å². The minimum Gasteiger partial charge on any atom is -0.456 e. The van der Waals surface area contributed by atoms with Gasteiger partial charge in [0, 0.05) is 82.2 Å². The second kappa shape index (κ2) is 24.6. The van der Waals surface area contributed by atoms with Crippen LogP contribution in [0.1, 0.15) is 58.6 Å². The number of aromatic nitrogens is 7. The molecule has 0 radical (unpaired) electrons. The molecule has 350 valence electrons. The number of Topliss-reactive ketones (excluding diaryl/α,β-unsaturated/α-hetero) is 3. The molecule has 0 bridgehead atoms. The van der Waals surface area contributed by atoms with Gasteiger partial charge in [-0.15, -0.1) is 11.3 Å². The lowest BCUT2D eigenvalue weighted by atomic mass is 10.0. The first-order chi connectivity index (χ1) is 33.9. The van der Waals surface area contributed by atoms with E-state index in [0.717, 1.165) is 33.2 Å². The molecule has 0 amide bonds. The molecule has 9 aromatic rings. The van der Waals surface area contributed by atoms with E-state index in [1.807, 2.05) is 61.7 Å². The predicted octanol–water partition coefficient (Wildman–Crippen LogP) is 11.9. The molecular formula is C54H44ClFN8O5S. The third-order valence-electron chi connectivity index (χ3n) is 10.3. The molecule has 9 rings (SSSR count). The zero-order chi connectivity index (χ0) is 49.2. The van der Waals surface area contributed by atoms with Crippen molar-refractivity contribution in [3.05, 3.63) is 232 Å². The van der Waals surface area contributed by atoms with Gasteiger partial charge in [-0.1, -0.05) is 29.8 Å². The van der Waals surface area contributed by atoms with E-state index in [1.54, 1.807) is 110 Å². The molecule has 0 unspecified atom stereocenters. The van der Waals surface area contributed by atoms with E-state index in [2.05, 4.69) is 34.9 Å². The number of aryl methyl sites for hydroxylation is 2. The number of ketones is 3. The van der Waals surface area contributed by atoms with Crippen LogP contribution >= 0.6 is 22.9 Å². The molecule has 0 saturated carbocycles. The highest BCUT2D eigenvalue weighted by molar-refractivity contribution is 7.09. The highest BCUT2D eigenvalue weighted by Gasteiger charge is 2.15. The molecule has 13 nitrogen and oxygen atoms in total. The number of hydrogen-bond donors (Lipinski definition) is 0. The van der Waals surface area contributed by atoms with Crippen LogP contribution < -0.4 is 14.4 Å². The van der Waals surface area contributed by atoms with Crippen molar-refractivity contribution in [1.29, 1.82) is 0 Å². The van der Waals surface area contributed by atoms with Crippen LogP contribution in [0.25, 0.3) is 0 Å². The van der Waals surface area contributed by atoms with Gasteiger partial charge < -0.3 is 14.4 Å². The highest BCUT2D eigenvalue weighted by Crippen LogP contribution is 2.28. The van der Waals surface area contributed by atoms with Crippen LogP contribution in [0.2, 0.25) is 5.02 Å². The summed E-state index contributed by atoms with van der Waals surface area (Å²) in [7, 11) is 1.81. The number of pyridine rings is 4. The Kier molecular flexibility index (Phi) is 17.4. The summed E-state index contributed by atoms with van der Waals surface area (Å²) in [5.41, 5.74) is 6.52. The van der Waals surface area contributed by atoms with Gasteiger partial charge in [0.2, 0.25) is 0 Å². The third-order valence-corrected chi connectivity index (χ3v) is 11.2. The summed E-state index contributed by atoms with van der Waals surface area (Å²) in [5.74, 6) is 1.51. The summed E-state index contributed by atoms with van der Waals surface area (Å²) in [5, 5.41) is 2.96. The van der Waals surface area contributed by atoms with Gasteiger partial charge >= 0.3 is 0 Å². The number of hydrogen-bond acceptors (Lipinski definition) is 14. The number of halogens is 2. The van der Waals surface area contributed by atoms with Crippen molar-refractivity contribution in [3.8, 4) is 23.0 Å². The molecule has 0 atom stereocenters. The molecule has 0 saturated heterocycles. The van der Waals surface area contributed by atoms with Crippen LogP contribution in [0, 0.1) is 19.7 Å². The summed E-state index contributed by atoms with van der Waals surface area (Å²) in [6.45, 7) is 3.99. The van der Waals surface area contributed by atoms with Crippen LogP contribution in [0.4, 0.5) is 15.8 Å². The van der Waals surface area contributed by atoms with Crippen LogP contribution in [0.5, 0.6) is 23.0 Å². The first kappa shape index (κ1) is 49.5.